The minimum absolute atomic E-state index is 0.0275. The summed E-state index contributed by atoms with van der Waals surface area (Å²) in [6.07, 6.45) is 2.28. The number of carbonyl (C=O) groups excluding carboxylic acids is 2. The van der Waals surface area contributed by atoms with Crippen LogP contribution in [-0.4, -0.2) is 40.8 Å². The predicted octanol–water partition coefficient (Wildman–Crippen LogP) is 1.09. The summed E-state index contributed by atoms with van der Waals surface area (Å²) in [7, 11) is 0. The second-order valence-corrected chi connectivity index (χ2v) is 6.00. The summed E-state index contributed by atoms with van der Waals surface area (Å²) in [4.78, 5) is 40.0. The SMILES string of the molecule is O=C(N[C@H]1CC(=O)N(CCc2ccc(F)cc2)C1)c1ccc[nH]c1=O. The van der Waals surface area contributed by atoms with Gasteiger partial charge in [0, 0.05) is 25.7 Å². The van der Waals surface area contributed by atoms with Gasteiger partial charge in [-0.2, -0.15) is 0 Å². The van der Waals surface area contributed by atoms with E-state index in [0.29, 0.717) is 19.5 Å². The Bertz CT molecular complexity index is 832. The topological polar surface area (TPSA) is 82.3 Å². The first kappa shape index (κ1) is 16.9. The fraction of sp³-hybridized carbons (Fsp3) is 0.278. The monoisotopic (exact) mass is 343 g/mol. The average molecular weight is 343 g/mol. The van der Waals surface area contributed by atoms with Crippen molar-refractivity contribution in [2.24, 2.45) is 0 Å². The molecule has 25 heavy (non-hydrogen) atoms. The average Bonchev–Trinajstić information content (AvgIpc) is 2.94. The number of amides is 2. The first-order valence-electron chi connectivity index (χ1n) is 8.04. The molecule has 2 aromatic rings. The van der Waals surface area contributed by atoms with E-state index >= 15 is 0 Å². The number of aromatic nitrogens is 1. The fourth-order valence-corrected chi connectivity index (χ4v) is 2.86. The van der Waals surface area contributed by atoms with E-state index < -0.39 is 11.5 Å². The van der Waals surface area contributed by atoms with Crippen molar-refractivity contribution in [3.8, 4) is 0 Å². The van der Waals surface area contributed by atoms with Crippen LogP contribution in [0.25, 0.3) is 0 Å². The van der Waals surface area contributed by atoms with Crippen LogP contribution in [0.5, 0.6) is 0 Å². The van der Waals surface area contributed by atoms with Gasteiger partial charge in [-0.25, -0.2) is 4.39 Å². The highest BCUT2D eigenvalue weighted by Crippen LogP contribution is 2.13. The van der Waals surface area contributed by atoms with Gasteiger partial charge in [0.25, 0.3) is 11.5 Å². The number of nitrogens with zero attached hydrogens (tertiary/aromatic N) is 1. The van der Waals surface area contributed by atoms with Crippen molar-refractivity contribution in [1.29, 1.82) is 0 Å². The van der Waals surface area contributed by atoms with E-state index in [9.17, 15) is 18.8 Å². The van der Waals surface area contributed by atoms with Crippen LogP contribution in [0, 0.1) is 5.82 Å². The lowest BCUT2D eigenvalue weighted by molar-refractivity contribution is -0.127. The molecule has 1 aromatic heterocycles. The Morgan fingerprint density at radius 1 is 1.24 bits per heavy atom. The summed E-state index contributed by atoms with van der Waals surface area (Å²) in [6, 6.07) is 8.85. The lowest BCUT2D eigenvalue weighted by Crippen LogP contribution is -2.39. The molecule has 6 nitrogen and oxygen atoms in total. The maximum Gasteiger partial charge on any atom is 0.260 e. The highest BCUT2D eigenvalue weighted by atomic mass is 19.1. The highest BCUT2D eigenvalue weighted by molar-refractivity contribution is 5.94. The Balaban J connectivity index is 1.55. The summed E-state index contributed by atoms with van der Waals surface area (Å²) in [5.74, 6) is -0.825. The van der Waals surface area contributed by atoms with Gasteiger partial charge in [-0.05, 0) is 36.2 Å². The van der Waals surface area contributed by atoms with Gasteiger partial charge in [-0.1, -0.05) is 12.1 Å². The number of benzene rings is 1. The molecule has 1 aromatic carbocycles. The summed E-state index contributed by atoms with van der Waals surface area (Å²) >= 11 is 0. The Morgan fingerprint density at radius 3 is 2.72 bits per heavy atom. The Morgan fingerprint density at radius 2 is 2.00 bits per heavy atom. The predicted molar refractivity (Wildman–Crippen MR) is 89.6 cm³/mol. The van der Waals surface area contributed by atoms with Gasteiger partial charge in [0.2, 0.25) is 5.91 Å². The van der Waals surface area contributed by atoms with Crippen LogP contribution in [0.2, 0.25) is 0 Å². The first-order valence-corrected chi connectivity index (χ1v) is 8.04. The largest absolute Gasteiger partial charge is 0.347 e. The van der Waals surface area contributed by atoms with Gasteiger partial charge in [0.15, 0.2) is 0 Å². The molecule has 1 aliphatic heterocycles. The lowest BCUT2D eigenvalue weighted by Gasteiger charge is -2.17. The molecule has 1 fully saturated rings. The number of halogens is 1. The molecule has 0 unspecified atom stereocenters. The third-order valence-corrected chi connectivity index (χ3v) is 4.20. The maximum absolute atomic E-state index is 12.9. The zero-order valence-corrected chi connectivity index (χ0v) is 13.5. The molecule has 0 bridgehead atoms. The zero-order chi connectivity index (χ0) is 17.8. The molecule has 2 amide bonds. The third-order valence-electron chi connectivity index (χ3n) is 4.20. The minimum Gasteiger partial charge on any atom is -0.347 e. The van der Waals surface area contributed by atoms with Crippen molar-refractivity contribution in [2.45, 2.75) is 18.9 Å². The molecule has 3 rings (SSSR count). The van der Waals surface area contributed by atoms with Crippen LogP contribution in [-0.2, 0) is 11.2 Å². The molecule has 2 N–H and O–H groups in total. The minimum atomic E-state index is -0.486. The standard InChI is InChI=1S/C18H18FN3O3/c19-13-5-3-12(4-6-13)7-9-22-11-14(10-16(22)23)21-18(25)15-2-1-8-20-17(15)24/h1-6,8,14H,7,9-11H2,(H,20,24)(H,21,25)/t14-/m0/s1. The second-order valence-electron chi connectivity index (χ2n) is 6.00. The highest BCUT2D eigenvalue weighted by Gasteiger charge is 2.30. The third kappa shape index (κ3) is 4.12. The number of carbonyl (C=O) groups is 2. The van der Waals surface area contributed by atoms with Gasteiger partial charge < -0.3 is 15.2 Å². The number of hydrogen-bond acceptors (Lipinski definition) is 3. The van der Waals surface area contributed by atoms with E-state index in [0.717, 1.165) is 5.56 Å². The number of H-pyrrole nitrogens is 1. The van der Waals surface area contributed by atoms with Crippen LogP contribution in [0.4, 0.5) is 4.39 Å². The van der Waals surface area contributed by atoms with Crippen molar-refractivity contribution in [3.63, 3.8) is 0 Å². The smallest absolute Gasteiger partial charge is 0.260 e. The van der Waals surface area contributed by atoms with Gasteiger partial charge in [-0.3, -0.25) is 14.4 Å². The Hall–Kier alpha value is -2.96. The molecule has 1 aliphatic rings. The van der Waals surface area contributed by atoms with Crippen molar-refractivity contribution < 1.29 is 14.0 Å². The van der Waals surface area contributed by atoms with E-state index in [-0.39, 0.29) is 29.8 Å². The Kier molecular flexibility index (Phi) is 4.92. The zero-order valence-electron chi connectivity index (χ0n) is 13.5. The van der Waals surface area contributed by atoms with E-state index in [4.69, 9.17) is 0 Å². The van der Waals surface area contributed by atoms with Crippen molar-refractivity contribution in [2.75, 3.05) is 13.1 Å². The Labute approximate surface area is 143 Å². The van der Waals surface area contributed by atoms with E-state index in [2.05, 4.69) is 10.3 Å². The number of likely N-dealkylation sites (tertiary alicyclic amines) is 1. The number of aromatic amines is 1. The van der Waals surface area contributed by atoms with Crippen LogP contribution in [0.15, 0.2) is 47.4 Å². The summed E-state index contributed by atoms with van der Waals surface area (Å²) in [6.45, 7) is 0.902. The van der Waals surface area contributed by atoms with Gasteiger partial charge >= 0.3 is 0 Å². The molecule has 1 saturated heterocycles. The van der Waals surface area contributed by atoms with Gasteiger partial charge in [-0.15, -0.1) is 0 Å². The number of pyridine rings is 1. The van der Waals surface area contributed by atoms with Crippen molar-refractivity contribution >= 4 is 11.8 Å². The normalized spacial score (nSPS) is 16.9. The van der Waals surface area contributed by atoms with Gasteiger partial charge in [0.1, 0.15) is 11.4 Å². The van der Waals surface area contributed by atoms with Crippen LogP contribution in [0.3, 0.4) is 0 Å². The number of hydrogen-bond donors (Lipinski definition) is 2. The molecule has 0 aliphatic carbocycles. The van der Waals surface area contributed by atoms with Crippen LogP contribution < -0.4 is 10.9 Å². The second kappa shape index (κ2) is 7.29. The quantitative estimate of drug-likeness (QED) is 0.852. The fourth-order valence-electron chi connectivity index (χ4n) is 2.86. The number of rotatable bonds is 5. The van der Waals surface area contributed by atoms with E-state index in [1.807, 2.05) is 0 Å². The molecule has 0 radical (unpaired) electrons. The molecular weight excluding hydrogens is 325 g/mol. The molecule has 0 spiro atoms. The summed E-state index contributed by atoms with van der Waals surface area (Å²) in [5, 5.41) is 2.73. The van der Waals surface area contributed by atoms with E-state index in [1.54, 1.807) is 23.1 Å². The van der Waals surface area contributed by atoms with Gasteiger partial charge in [0.05, 0.1) is 6.04 Å². The van der Waals surface area contributed by atoms with Crippen molar-refractivity contribution in [3.05, 3.63) is 69.9 Å². The molecule has 2 heterocycles. The molecule has 7 heteroatoms. The van der Waals surface area contributed by atoms with Crippen LogP contribution >= 0.6 is 0 Å². The van der Waals surface area contributed by atoms with Crippen molar-refractivity contribution in [1.82, 2.24) is 15.2 Å². The molecule has 130 valence electrons. The molecule has 0 saturated carbocycles. The molecular formula is C18H18FN3O3. The van der Waals surface area contributed by atoms with Crippen LogP contribution in [0.1, 0.15) is 22.3 Å². The number of nitrogens with one attached hydrogen (secondary N) is 2. The summed E-state index contributed by atoms with van der Waals surface area (Å²) in [5.41, 5.74) is 0.509. The lowest BCUT2D eigenvalue weighted by atomic mass is 10.1. The van der Waals surface area contributed by atoms with E-state index in [1.165, 1.54) is 24.4 Å². The summed E-state index contributed by atoms with van der Waals surface area (Å²) < 4.78 is 12.9. The maximum atomic E-state index is 12.9. The molecule has 1 atom stereocenters. The first-order chi connectivity index (χ1) is 12.0.